The lowest BCUT2D eigenvalue weighted by Crippen LogP contribution is -2.45. The molecule has 1 atom stereocenters. The van der Waals surface area contributed by atoms with Crippen LogP contribution in [0.3, 0.4) is 0 Å². The second-order valence-electron chi connectivity index (χ2n) is 13.6. The van der Waals surface area contributed by atoms with Gasteiger partial charge in [0, 0.05) is 30.8 Å². The van der Waals surface area contributed by atoms with Gasteiger partial charge in [-0.2, -0.15) is 4.98 Å². The highest BCUT2D eigenvalue weighted by atomic mass is 32.2. The Hall–Kier alpha value is -4.58. The molecule has 1 amide bonds. The minimum Gasteiger partial charge on any atom is -0.475 e. The number of carbonyl (C=O) groups excluding carboxylic acids is 1. The molecule has 1 aliphatic heterocycles. The number of carbonyl (C=O) groups is 1. The number of hydrogen-bond donors (Lipinski definition) is 1. The molecule has 0 saturated carbocycles. The first-order chi connectivity index (χ1) is 22.7. The molecule has 1 aliphatic rings. The average molecular weight is 672 g/mol. The molecule has 0 fully saturated rings. The van der Waals surface area contributed by atoms with Gasteiger partial charge < -0.3 is 14.5 Å². The molecule has 5 rings (SSSR count). The summed E-state index contributed by atoms with van der Waals surface area (Å²) in [6.07, 6.45) is 6.04. The number of ether oxygens (including phenoxy) is 1. The fourth-order valence-electron chi connectivity index (χ4n) is 5.89. The van der Waals surface area contributed by atoms with E-state index >= 15 is 0 Å². The van der Waals surface area contributed by atoms with Crippen molar-refractivity contribution in [1.82, 2.24) is 24.8 Å². The first-order valence-corrected chi connectivity index (χ1v) is 17.8. The number of hydrogen-bond acceptors (Lipinski definition) is 9. The van der Waals surface area contributed by atoms with Crippen LogP contribution in [0.25, 0.3) is 11.3 Å². The van der Waals surface area contributed by atoms with E-state index in [4.69, 9.17) is 9.72 Å². The fourth-order valence-corrected chi connectivity index (χ4v) is 6.88. The van der Waals surface area contributed by atoms with Crippen molar-refractivity contribution in [3.63, 3.8) is 0 Å². The van der Waals surface area contributed by atoms with Crippen molar-refractivity contribution in [3.05, 3.63) is 83.3 Å². The van der Waals surface area contributed by atoms with Gasteiger partial charge in [0.15, 0.2) is 0 Å². The molecule has 11 nitrogen and oxygen atoms in total. The molecule has 0 saturated heterocycles. The zero-order chi connectivity index (χ0) is 34.6. The van der Waals surface area contributed by atoms with Crippen LogP contribution in [0.1, 0.15) is 74.1 Å². The van der Waals surface area contributed by atoms with E-state index < -0.39 is 16.1 Å². The third kappa shape index (κ3) is 8.28. The maximum atomic E-state index is 14.5. The molecule has 0 spiro atoms. The third-order valence-electron chi connectivity index (χ3n) is 8.27. The van der Waals surface area contributed by atoms with E-state index in [2.05, 4.69) is 52.3 Å². The molecule has 48 heavy (non-hydrogen) atoms. The Kier molecular flexibility index (Phi) is 10.3. The molecule has 2 aromatic carbocycles. The fraction of sp³-hybridized carbons (Fsp3) is 0.417. The molecule has 2 aromatic heterocycles. The van der Waals surface area contributed by atoms with Crippen LogP contribution in [0.2, 0.25) is 0 Å². The predicted molar refractivity (Wildman–Crippen MR) is 188 cm³/mol. The summed E-state index contributed by atoms with van der Waals surface area (Å²) in [6, 6.07) is 13.2. The van der Waals surface area contributed by atoms with Crippen LogP contribution in [0.5, 0.6) is 5.88 Å². The topological polar surface area (TPSA) is 131 Å². The summed E-state index contributed by atoms with van der Waals surface area (Å²) >= 11 is 0. The summed E-state index contributed by atoms with van der Waals surface area (Å²) in [5, 5.41) is 0. The number of unbranched alkanes of at least 4 members (excludes halogenated alkanes) is 1. The van der Waals surface area contributed by atoms with E-state index in [1.54, 1.807) is 35.5 Å². The Balaban J connectivity index is 1.64. The highest BCUT2D eigenvalue weighted by Gasteiger charge is 2.32. The molecule has 0 aliphatic carbocycles. The summed E-state index contributed by atoms with van der Waals surface area (Å²) in [5.74, 6) is 0.445. The van der Waals surface area contributed by atoms with Crippen LogP contribution < -0.4 is 14.4 Å². The second-order valence-corrected chi connectivity index (χ2v) is 15.3. The number of amides is 1. The smallest absolute Gasteiger partial charge is 0.264 e. The number of fused-ring (bicyclic) bond motifs is 4. The Bertz CT molecular complexity index is 1870. The van der Waals surface area contributed by atoms with Crippen molar-refractivity contribution in [1.29, 1.82) is 0 Å². The molecule has 12 heteroatoms. The van der Waals surface area contributed by atoms with Gasteiger partial charge in [0.1, 0.15) is 12.4 Å². The van der Waals surface area contributed by atoms with Gasteiger partial charge in [-0.1, -0.05) is 58.4 Å². The largest absolute Gasteiger partial charge is 0.475 e. The normalized spacial score (nSPS) is 16.2. The molecular weight excluding hydrogens is 627 g/mol. The SMILES string of the molecule is CCCCN(C)c1cncc(CN2C(=O)c3cccc(c3)S(=O)(=O)Nc3nc(cc(-c4c(C)cccc4C)n3)OC[C@H]2CC(C)(C)C)n1. The van der Waals surface area contributed by atoms with E-state index in [0.29, 0.717) is 17.8 Å². The number of nitrogens with zero attached hydrogens (tertiary/aromatic N) is 6. The van der Waals surface area contributed by atoms with Crippen LogP contribution in [-0.4, -0.2) is 65.4 Å². The van der Waals surface area contributed by atoms with Gasteiger partial charge in [-0.05, 0) is 61.4 Å². The summed E-state index contributed by atoms with van der Waals surface area (Å²) in [7, 11) is -2.19. The molecule has 4 bridgehead atoms. The number of anilines is 2. The van der Waals surface area contributed by atoms with E-state index in [9.17, 15) is 13.2 Å². The van der Waals surface area contributed by atoms with Gasteiger partial charge in [0.2, 0.25) is 11.8 Å². The third-order valence-corrected chi connectivity index (χ3v) is 9.60. The van der Waals surface area contributed by atoms with E-state index in [1.165, 1.54) is 12.1 Å². The van der Waals surface area contributed by atoms with Crippen LogP contribution in [0.15, 0.2) is 65.8 Å². The van der Waals surface area contributed by atoms with Gasteiger partial charge in [-0.25, -0.2) is 23.1 Å². The first-order valence-electron chi connectivity index (χ1n) is 16.3. The number of aryl methyl sites for hydroxylation is 2. The minimum atomic E-state index is -4.17. The van der Waals surface area contributed by atoms with Gasteiger partial charge in [0.05, 0.1) is 41.3 Å². The van der Waals surface area contributed by atoms with Crippen LogP contribution in [0.4, 0.5) is 11.8 Å². The Morgan fingerprint density at radius 2 is 1.75 bits per heavy atom. The van der Waals surface area contributed by atoms with Crippen molar-refractivity contribution < 1.29 is 17.9 Å². The molecule has 1 N–H and O–H groups in total. The molecule has 0 radical (unpaired) electrons. The van der Waals surface area contributed by atoms with Crippen molar-refractivity contribution in [2.24, 2.45) is 5.41 Å². The lowest BCUT2D eigenvalue weighted by molar-refractivity contribution is 0.0509. The molecule has 4 aromatic rings. The van der Waals surface area contributed by atoms with Gasteiger partial charge in [-0.3, -0.25) is 9.78 Å². The maximum Gasteiger partial charge on any atom is 0.264 e. The van der Waals surface area contributed by atoms with Crippen molar-refractivity contribution in [3.8, 4) is 17.1 Å². The van der Waals surface area contributed by atoms with Gasteiger partial charge >= 0.3 is 0 Å². The first kappa shape index (κ1) is 34.7. The Morgan fingerprint density at radius 3 is 2.46 bits per heavy atom. The molecular formula is C36H45N7O4S. The lowest BCUT2D eigenvalue weighted by atomic mass is 9.87. The number of sulfonamides is 1. The average Bonchev–Trinajstić information content (AvgIpc) is 3.03. The number of nitrogens with one attached hydrogen (secondary N) is 1. The standard InChI is InChI=1S/C36H45N7O4S/c1-8-9-16-42(7)31-21-37-20-27(38-31)22-43-28(19-36(4,5)6)23-47-32-18-30(33-24(2)12-10-13-25(33)3)39-35(40-32)41-48(45,46)29-15-11-14-26(17-29)34(43)44/h10-15,17-18,20-21,28H,8-9,16,19,22-23H2,1-7H3,(H,39,40,41)/t28-/m1/s1. The summed E-state index contributed by atoms with van der Waals surface area (Å²) in [6.45, 7) is 13.5. The zero-order valence-corrected chi connectivity index (χ0v) is 29.6. The quantitative estimate of drug-likeness (QED) is 0.225. The summed E-state index contributed by atoms with van der Waals surface area (Å²) in [5.41, 5.74) is 3.98. The molecule has 254 valence electrons. The van der Waals surface area contributed by atoms with Gasteiger partial charge in [0.25, 0.3) is 15.9 Å². The van der Waals surface area contributed by atoms with Crippen molar-refractivity contribution in [2.75, 3.05) is 29.8 Å². The Labute approximate surface area is 283 Å². The van der Waals surface area contributed by atoms with Crippen LogP contribution in [0, 0.1) is 19.3 Å². The van der Waals surface area contributed by atoms with Crippen molar-refractivity contribution in [2.45, 2.75) is 78.3 Å². The maximum absolute atomic E-state index is 14.5. The van der Waals surface area contributed by atoms with E-state index in [-0.39, 0.29) is 46.8 Å². The number of aromatic nitrogens is 4. The zero-order valence-electron chi connectivity index (χ0n) is 28.8. The number of benzene rings is 2. The minimum absolute atomic E-state index is 0.0807. The molecule has 0 unspecified atom stereocenters. The van der Waals surface area contributed by atoms with Crippen molar-refractivity contribution >= 4 is 27.7 Å². The molecule has 3 heterocycles. The van der Waals surface area contributed by atoms with E-state index in [1.807, 2.05) is 39.1 Å². The Morgan fingerprint density at radius 1 is 1.02 bits per heavy atom. The number of rotatable bonds is 8. The summed E-state index contributed by atoms with van der Waals surface area (Å²) < 4.78 is 36.3. The van der Waals surface area contributed by atoms with Crippen LogP contribution >= 0.6 is 0 Å². The summed E-state index contributed by atoms with van der Waals surface area (Å²) in [4.78, 5) is 36.6. The lowest BCUT2D eigenvalue weighted by Gasteiger charge is -2.35. The highest BCUT2D eigenvalue weighted by molar-refractivity contribution is 7.92. The predicted octanol–water partition coefficient (Wildman–Crippen LogP) is 6.43. The van der Waals surface area contributed by atoms with Gasteiger partial charge in [-0.15, -0.1) is 0 Å². The monoisotopic (exact) mass is 671 g/mol. The second kappa shape index (κ2) is 14.3. The van der Waals surface area contributed by atoms with E-state index in [0.717, 1.165) is 41.9 Å². The van der Waals surface area contributed by atoms with Crippen LogP contribution in [-0.2, 0) is 16.6 Å². The highest BCUT2D eigenvalue weighted by Crippen LogP contribution is 2.31.